The Bertz CT molecular complexity index is 900. The standard InChI is InChI=1S/C15H10N2O/c18-15-13-9-5-1-3-7-11(9)16-14(13)10-6-2-4-8-12(10)17-15/h1-8,11H,(H,17,18). The molecule has 1 aliphatic heterocycles. The first-order valence-corrected chi connectivity index (χ1v) is 5.92. The Labute approximate surface area is 102 Å². The predicted octanol–water partition coefficient (Wildman–Crippen LogP) is 0.807. The van der Waals surface area contributed by atoms with Gasteiger partial charge < -0.3 is 4.98 Å². The summed E-state index contributed by atoms with van der Waals surface area (Å²) in [6.45, 7) is 0. The van der Waals surface area contributed by atoms with Crippen molar-refractivity contribution in [2.75, 3.05) is 0 Å². The minimum atomic E-state index is -0.0510. The topological polar surface area (TPSA) is 45.2 Å². The van der Waals surface area contributed by atoms with Crippen molar-refractivity contribution >= 4 is 16.5 Å². The van der Waals surface area contributed by atoms with E-state index in [1.807, 2.05) is 48.6 Å². The van der Waals surface area contributed by atoms with Crippen molar-refractivity contribution in [1.29, 1.82) is 0 Å². The van der Waals surface area contributed by atoms with Crippen LogP contribution in [0.3, 0.4) is 0 Å². The number of pyridine rings is 1. The van der Waals surface area contributed by atoms with E-state index in [2.05, 4.69) is 9.98 Å². The fraction of sp³-hybridized carbons (Fsp3) is 0.0667. The third-order valence-electron chi connectivity index (χ3n) is 3.45. The lowest BCUT2D eigenvalue weighted by Crippen LogP contribution is -2.40. The summed E-state index contributed by atoms with van der Waals surface area (Å²) in [5, 5.41) is 2.56. The minimum absolute atomic E-state index is 0.00286. The Balaban J connectivity index is 2.32. The van der Waals surface area contributed by atoms with Crippen LogP contribution in [-0.4, -0.2) is 11.0 Å². The van der Waals surface area contributed by atoms with Gasteiger partial charge in [0.2, 0.25) is 0 Å². The van der Waals surface area contributed by atoms with E-state index in [1.165, 1.54) is 0 Å². The zero-order chi connectivity index (χ0) is 12.1. The van der Waals surface area contributed by atoms with E-state index in [1.54, 1.807) is 0 Å². The van der Waals surface area contributed by atoms with Crippen LogP contribution in [0.5, 0.6) is 0 Å². The first-order chi connectivity index (χ1) is 8.84. The number of allylic oxidation sites excluding steroid dienone is 2. The van der Waals surface area contributed by atoms with E-state index >= 15 is 0 Å². The maximum atomic E-state index is 12.2. The van der Waals surface area contributed by atoms with Crippen LogP contribution in [0.1, 0.15) is 0 Å². The normalized spacial score (nSPS) is 19.8. The van der Waals surface area contributed by atoms with Gasteiger partial charge >= 0.3 is 0 Å². The zero-order valence-electron chi connectivity index (χ0n) is 9.55. The summed E-state index contributed by atoms with van der Waals surface area (Å²) in [6, 6.07) is 7.79. The lowest BCUT2D eigenvalue weighted by Gasteiger charge is -2.06. The van der Waals surface area contributed by atoms with Crippen LogP contribution in [0.25, 0.3) is 16.5 Å². The second-order valence-corrected chi connectivity index (χ2v) is 4.50. The van der Waals surface area contributed by atoms with Crippen molar-refractivity contribution in [3.8, 4) is 0 Å². The Morgan fingerprint density at radius 1 is 1.17 bits per heavy atom. The van der Waals surface area contributed by atoms with Crippen LogP contribution >= 0.6 is 0 Å². The highest BCUT2D eigenvalue weighted by molar-refractivity contribution is 5.80. The second kappa shape index (κ2) is 3.29. The van der Waals surface area contributed by atoms with Gasteiger partial charge in [0.05, 0.1) is 22.1 Å². The lowest BCUT2D eigenvalue weighted by molar-refractivity contribution is 1.03. The van der Waals surface area contributed by atoms with Gasteiger partial charge in [0.15, 0.2) is 0 Å². The van der Waals surface area contributed by atoms with Crippen LogP contribution in [0, 0.1) is 0 Å². The molecule has 1 aliphatic carbocycles. The summed E-state index contributed by atoms with van der Waals surface area (Å²) in [5.74, 6) is 0. The number of H-pyrrole nitrogens is 1. The number of hydrogen-bond donors (Lipinski definition) is 1. The van der Waals surface area contributed by atoms with E-state index in [4.69, 9.17) is 0 Å². The molecule has 0 radical (unpaired) electrons. The quantitative estimate of drug-likeness (QED) is 0.720. The molecule has 2 aliphatic rings. The molecule has 0 saturated carbocycles. The van der Waals surface area contributed by atoms with Crippen LogP contribution in [0.4, 0.5) is 0 Å². The highest BCUT2D eigenvalue weighted by Gasteiger charge is 2.19. The molecule has 1 atom stereocenters. The van der Waals surface area contributed by atoms with Crippen LogP contribution < -0.4 is 16.1 Å². The molecule has 18 heavy (non-hydrogen) atoms. The van der Waals surface area contributed by atoms with Crippen molar-refractivity contribution in [3.05, 3.63) is 69.5 Å². The molecule has 0 saturated heterocycles. The Hall–Kier alpha value is -2.42. The van der Waals surface area contributed by atoms with E-state index in [0.717, 1.165) is 27.1 Å². The van der Waals surface area contributed by atoms with E-state index < -0.39 is 0 Å². The number of fused-ring (bicyclic) bond motifs is 4. The van der Waals surface area contributed by atoms with Gasteiger partial charge in [0.25, 0.3) is 5.56 Å². The number of aromatic nitrogens is 1. The molecular formula is C15H10N2O. The number of nitrogens with zero attached hydrogens (tertiary/aromatic N) is 1. The maximum absolute atomic E-state index is 12.2. The average molecular weight is 234 g/mol. The van der Waals surface area contributed by atoms with Crippen molar-refractivity contribution in [1.82, 2.24) is 4.98 Å². The molecule has 1 aromatic carbocycles. The number of benzene rings is 1. The van der Waals surface area contributed by atoms with Crippen LogP contribution in [-0.2, 0) is 0 Å². The summed E-state index contributed by atoms with van der Waals surface area (Å²) in [5.41, 5.74) is 1.79. The highest BCUT2D eigenvalue weighted by Crippen LogP contribution is 2.16. The molecule has 86 valence electrons. The van der Waals surface area contributed by atoms with Crippen molar-refractivity contribution in [3.63, 3.8) is 0 Å². The third-order valence-corrected chi connectivity index (χ3v) is 3.45. The smallest absolute Gasteiger partial charge is 0.258 e. The van der Waals surface area contributed by atoms with E-state index in [9.17, 15) is 4.79 Å². The SMILES string of the molecule is O=c1[nH]c2ccccc2c2c1=C1C=CC=CC1N=2. The molecule has 1 unspecified atom stereocenters. The third kappa shape index (κ3) is 1.13. The van der Waals surface area contributed by atoms with Gasteiger partial charge in [-0.2, -0.15) is 0 Å². The molecule has 0 spiro atoms. The Morgan fingerprint density at radius 3 is 3.00 bits per heavy atom. The molecule has 3 heteroatoms. The van der Waals surface area contributed by atoms with E-state index in [0.29, 0.717) is 0 Å². The van der Waals surface area contributed by atoms with Crippen LogP contribution in [0.2, 0.25) is 0 Å². The summed E-state index contributed by atoms with van der Waals surface area (Å²) in [4.78, 5) is 19.8. The number of para-hydroxylation sites is 1. The first kappa shape index (κ1) is 9.59. The van der Waals surface area contributed by atoms with Crippen molar-refractivity contribution in [2.45, 2.75) is 6.04 Å². The van der Waals surface area contributed by atoms with E-state index in [-0.39, 0.29) is 11.6 Å². The molecule has 0 amide bonds. The average Bonchev–Trinajstić information content (AvgIpc) is 2.79. The monoisotopic (exact) mass is 234 g/mol. The first-order valence-electron chi connectivity index (χ1n) is 5.92. The lowest BCUT2D eigenvalue weighted by atomic mass is 10.0. The second-order valence-electron chi connectivity index (χ2n) is 4.50. The highest BCUT2D eigenvalue weighted by atomic mass is 16.1. The Kier molecular flexibility index (Phi) is 1.75. The summed E-state index contributed by atoms with van der Waals surface area (Å²) < 4.78 is 0. The zero-order valence-corrected chi connectivity index (χ0v) is 9.55. The van der Waals surface area contributed by atoms with Crippen molar-refractivity contribution in [2.24, 2.45) is 4.99 Å². The van der Waals surface area contributed by atoms with Crippen LogP contribution in [0.15, 0.2) is 58.4 Å². The molecule has 3 nitrogen and oxygen atoms in total. The van der Waals surface area contributed by atoms with Crippen molar-refractivity contribution < 1.29 is 0 Å². The number of aromatic amines is 1. The molecule has 2 heterocycles. The minimum Gasteiger partial charge on any atom is -0.321 e. The molecule has 1 N–H and O–H groups in total. The summed E-state index contributed by atoms with van der Waals surface area (Å²) >= 11 is 0. The van der Waals surface area contributed by atoms with Gasteiger partial charge in [-0.05, 0) is 11.6 Å². The Morgan fingerprint density at radius 2 is 2.06 bits per heavy atom. The van der Waals surface area contributed by atoms with Gasteiger partial charge in [0.1, 0.15) is 0 Å². The number of nitrogens with one attached hydrogen (secondary N) is 1. The van der Waals surface area contributed by atoms with Gasteiger partial charge in [0, 0.05) is 5.39 Å². The predicted molar refractivity (Wildman–Crippen MR) is 70.8 cm³/mol. The van der Waals surface area contributed by atoms with Gasteiger partial charge in [-0.3, -0.25) is 9.79 Å². The largest absolute Gasteiger partial charge is 0.321 e. The van der Waals surface area contributed by atoms with Gasteiger partial charge in [-0.25, -0.2) is 0 Å². The summed E-state index contributed by atoms with van der Waals surface area (Å²) in [7, 11) is 0. The molecule has 0 bridgehead atoms. The molecule has 4 rings (SSSR count). The fourth-order valence-corrected chi connectivity index (χ4v) is 2.64. The fourth-order valence-electron chi connectivity index (χ4n) is 2.64. The molecule has 1 aromatic heterocycles. The number of hydrogen-bond acceptors (Lipinski definition) is 2. The maximum Gasteiger partial charge on any atom is 0.258 e. The molecular weight excluding hydrogens is 224 g/mol. The molecule has 0 fully saturated rings. The van der Waals surface area contributed by atoms with Gasteiger partial charge in [-0.1, -0.05) is 42.5 Å². The van der Waals surface area contributed by atoms with Gasteiger partial charge in [-0.15, -0.1) is 0 Å². The summed E-state index contributed by atoms with van der Waals surface area (Å²) in [6.07, 6.45) is 7.92. The molecule has 2 aromatic rings. The number of rotatable bonds is 0.